The molecule has 1 N–H and O–H groups in total. The molecule has 126 valence electrons. The SMILES string of the molecule is C/C(=C\c1ccc(O)cc1)c1ccc2c(c1)C(C)(C)CCC2(C)C. The summed E-state index contributed by atoms with van der Waals surface area (Å²) in [5, 5.41) is 9.43. The molecule has 0 saturated heterocycles. The van der Waals surface area contributed by atoms with Crippen LogP contribution >= 0.6 is 0 Å². The molecule has 1 heteroatoms. The third kappa shape index (κ3) is 3.13. The van der Waals surface area contributed by atoms with Gasteiger partial charge in [0.1, 0.15) is 5.75 Å². The van der Waals surface area contributed by atoms with Crippen molar-refractivity contribution in [1.29, 1.82) is 0 Å². The maximum absolute atomic E-state index is 9.43. The quantitative estimate of drug-likeness (QED) is 0.644. The molecule has 0 amide bonds. The summed E-state index contributed by atoms with van der Waals surface area (Å²) in [6.07, 6.45) is 4.66. The van der Waals surface area contributed by atoms with E-state index in [2.05, 4.69) is 58.9 Å². The van der Waals surface area contributed by atoms with Gasteiger partial charge in [0.25, 0.3) is 0 Å². The topological polar surface area (TPSA) is 20.2 Å². The molecule has 3 rings (SSSR count). The lowest BCUT2D eigenvalue weighted by molar-refractivity contribution is 0.332. The molecular weight excluding hydrogens is 292 g/mol. The van der Waals surface area contributed by atoms with E-state index in [1.165, 1.54) is 35.1 Å². The molecule has 0 spiro atoms. The molecule has 0 atom stereocenters. The average Bonchev–Trinajstić information content (AvgIpc) is 2.54. The lowest BCUT2D eigenvalue weighted by Crippen LogP contribution is -2.33. The molecule has 0 aromatic heterocycles. The highest BCUT2D eigenvalue weighted by molar-refractivity contribution is 5.80. The molecule has 0 aliphatic heterocycles. The van der Waals surface area contributed by atoms with Gasteiger partial charge < -0.3 is 5.11 Å². The number of aromatic hydroxyl groups is 1. The van der Waals surface area contributed by atoms with Gasteiger partial charge in [-0.2, -0.15) is 0 Å². The van der Waals surface area contributed by atoms with Gasteiger partial charge in [0, 0.05) is 0 Å². The number of hydrogen-bond donors (Lipinski definition) is 1. The van der Waals surface area contributed by atoms with Gasteiger partial charge in [0.05, 0.1) is 0 Å². The summed E-state index contributed by atoms with van der Waals surface area (Å²) in [5.74, 6) is 0.308. The number of rotatable bonds is 2. The van der Waals surface area contributed by atoms with Gasteiger partial charge in [0.2, 0.25) is 0 Å². The Kier molecular flexibility index (Phi) is 4.07. The first-order chi connectivity index (χ1) is 11.2. The van der Waals surface area contributed by atoms with E-state index in [9.17, 15) is 5.11 Å². The predicted molar refractivity (Wildman–Crippen MR) is 103 cm³/mol. The van der Waals surface area contributed by atoms with Crippen molar-refractivity contribution in [2.24, 2.45) is 0 Å². The van der Waals surface area contributed by atoms with Gasteiger partial charge in [-0.3, -0.25) is 0 Å². The summed E-state index contributed by atoms with van der Waals surface area (Å²) in [7, 11) is 0. The van der Waals surface area contributed by atoms with Crippen molar-refractivity contribution < 1.29 is 5.11 Å². The molecule has 24 heavy (non-hydrogen) atoms. The fourth-order valence-electron chi connectivity index (χ4n) is 3.74. The van der Waals surface area contributed by atoms with E-state index in [0.717, 1.165) is 5.56 Å². The van der Waals surface area contributed by atoms with Gasteiger partial charge >= 0.3 is 0 Å². The molecule has 2 aromatic carbocycles. The van der Waals surface area contributed by atoms with Crippen LogP contribution in [0.2, 0.25) is 0 Å². The zero-order chi connectivity index (χ0) is 17.5. The number of hydrogen-bond acceptors (Lipinski definition) is 1. The van der Waals surface area contributed by atoms with Crippen molar-refractivity contribution in [3.05, 3.63) is 64.7 Å². The zero-order valence-corrected chi connectivity index (χ0v) is 15.5. The van der Waals surface area contributed by atoms with E-state index in [4.69, 9.17) is 0 Å². The van der Waals surface area contributed by atoms with E-state index < -0.39 is 0 Å². The largest absolute Gasteiger partial charge is 0.508 e. The van der Waals surface area contributed by atoms with E-state index in [1.54, 1.807) is 12.1 Å². The summed E-state index contributed by atoms with van der Waals surface area (Å²) < 4.78 is 0. The fraction of sp³-hybridized carbons (Fsp3) is 0.391. The molecule has 0 unspecified atom stereocenters. The van der Waals surface area contributed by atoms with Crippen molar-refractivity contribution in [2.75, 3.05) is 0 Å². The van der Waals surface area contributed by atoms with Crippen LogP contribution in [0.5, 0.6) is 5.75 Å². The molecule has 0 fully saturated rings. The molecule has 2 aromatic rings. The number of fused-ring (bicyclic) bond motifs is 1. The predicted octanol–water partition coefficient (Wildman–Crippen LogP) is 6.30. The van der Waals surface area contributed by atoms with Gasteiger partial charge in [-0.25, -0.2) is 0 Å². The van der Waals surface area contributed by atoms with E-state index in [1.807, 2.05) is 12.1 Å². The summed E-state index contributed by atoms with van der Waals surface area (Å²) >= 11 is 0. The molecule has 1 aliphatic rings. The van der Waals surface area contributed by atoms with Crippen LogP contribution in [0.4, 0.5) is 0 Å². The fourth-order valence-corrected chi connectivity index (χ4v) is 3.74. The number of phenolic OH excluding ortho intramolecular Hbond substituents is 1. The normalized spacial score (nSPS) is 19.0. The highest BCUT2D eigenvalue weighted by Crippen LogP contribution is 2.46. The maximum Gasteiger partial charge on any atom is 0.115 e. The first-order valence-electron chi connectivity index (χ1n) is 8.82. The first-order valence-corrected chi connectivity index (χ1v) is 8.82. The van der Waals surface area contributed by atoms with Crippen molar-refractivity contribution in [2.45, 2.75) is 58.3 Å². The monoisotopic (exact) mass is 320 g/mol. The Bertz CT molecular complexity index is 776. The smallest absolute Gasteiger partial charge is 0.115 e. The lowest BCUT2D eigenvalue weighted by Gasteiger charge is -2.42. The van der Waals surface area contributed by atoms with Crippen LogP contribution in [-0.4, -0.2) is 5.11 Å². The van der Waals surface area contributed by atoms with Crippen molar-refractivity contribution in [1.82, 2.24) is 0 Å². The van der Waals surface area contributed by atoms with Crippen LogP contribution in [0.15, 0.2) is 42.5 Å². The number of phenols is 1. The summed E-state index contributed by atoms with van der Waals surface area (Å²) in [6.45, 7) is 11.6. The van der Waals surface area contributed by atoms with E-state index in [-0.39, 0.29) is 10.8 Å². The highest BCUT2D eigenvalue weighted by Gasteiger charge is 2.36. The lowest BCUT2D eigenvalue weighted by atomic mass is 9.63. The van der Waals surface area contributed by atoms with E-state index >= 15 is 0 Å². The third-order valence-corrected chi connectivity index (χ3v) is 5.58. The van der Waals surface area contributed by atoms with Gasteiger partial charge in [-0.15, -0.1) is 0 Å². The van der Waals surface area contributed by atoms with Gasteiger partial charge in [-0.05, 0) is 70.6 Å². The Morgan fingerprint density at radius 1 is 0.875 bits per heavy atom. The maximum atomic E-state index is 9.43. The van der Waals surface area contributed by atoms with Crippen molar-refractivity contribution >= 4 is 11.6 Å². The van der Waals surface area contributed by atoms with Crippen molar-refractivity contribution in [3.63, 3.8) is 0 Å². The van der Waals surface area contributed by atoms with E-state index in [0.29, 0.717) is 5.75 Å². The Hall–Kier alpha value is -2.02. The standard InChI is InChI=1S/C23H28O/c1-16(14-17-6-9-19(24)10-7-17)18-8-11-20-21(15-18)23(4,5)13-12-22(20,2)3/h6-11,14-15,24H,12-13H2,1-5H3/b16-14+. The first kappa shape index (κ1) is 16.8. The van der Waals surface area contributed by atoms with Crippen LogP contribution in [0.3, 0.4) is 0 Å². The second-order valence-corrected chi connectivity index (χ2v) is 8.45. The zero-order valence-electron chi connectivity index (χ0n) is 15.5. The molecular formula is C23H28O. The van der Waals surface area contributed by atoms with Crippen LogP contribution in [-0.2, 0) is 10.8 Å². The Balaban J connectivity index is 2.03. The summed E-state index contributed by atoms with van der Waals surface area (Å²) in [5.41, 5.74) is 7.14. The Morgan fingerprint density at radius 2 is 1.46 bits per heavy atom. The van der Waals surface area contributed by atoms with Gasteiger partial charge in [0.15, 0.2) is 0 Å². The Morgan fingerprint density at radius 3 is 2.08 bits per heavy atom. The molecule has 0 heterocycles. The third-order valence-electron chi connectivity index (χ3n) is 5.58. The van der Waals surface area contributed by atoms with Gasteiger partial charge in [-0.1, -0.05) is 64.1 Å². The van der Waals surface area contributed by atoms with Crippen molar-refractivity contribution in [3.8, 4) is 5.75 Å². The Labute approximate surface area is 146 Å². The molecule has 0 radical (unpaired) electrons. The highest BCUT2D eigenvalue weighted by atomic mass is 16.3. The average molecular weight is 320 g/mol. The van der Waals surface area contributed by atoms with Crippen LogP contribution < -0.4 is 0 Å². The summed E-state index contributed by atoms with van der Waals surface area (Å²) in [4.78, 5) is 0. The molecule has 0 bridgehead atoms. The molecule has 1 aliphatic carbocycles. The second kappa shape index (κ2) is 5.81. The second-order valence-electron chi connectivity index (χ2n) is 8.45. The minimum Gasteiger partial charge on any atom is -0.508 e. The number of benzene rings is 2. The van der Waals surface area contributed by atoms with Crippen LogP contribution in [0.25, 0.3) is 11.6 Å². The summed E-state index contributed by atoms with van der Waals surface area (Å²) in [6, 6.07) is 14.3. The van der Waals surface area contributed by atoms with Crippen LogP contribution in [0, 0.1) is 0 Å². The minimum absolute atomic E-state index is 0.236. The van der Waals surface area contributed by atoms with Crippen LogP contribution in [0.1, 0.15) is 69.7 Å². The number of allylic oxidation sites excluding steroid dienone is 1. The minimum atomic E-state index is 0.236. The molecule has 0 saturated carbocycles. The molecule has 1 nitrogen and oxygen atoms in total.